The number of piperazine rings is 1. The van der Waals surface area contributed by atoms with E-state index in [4.69, 9.17) is 16.3 Å². The monoisotopic (exact) mass is 311 g/mol. The normalized spacial score (nSPS) is 15.2. The second kappa shape index (κ2) is 7.40. The predicted molar refractivity (Wildman–Crippen MR) is 80.4 cm³/mol. The van der Waals surface area contributed by atoms with E-state index in [1.807, 2.05) is 12.1 Å². The van der Waals surface area contributed by atoms with Crippen molar-refractivity contribution in [1.82, 2.24) is 10.6 Å². The predicted octanol–water partition coefficient (Wildman–Crippen LogP) is 0.539. The minimum atomic E-state index is -0.292. The summed E-state index contributed by atoms with van der Waals surface area (Å²) < 4.78 is 4.98. The van der Waals surface area contributed by atoms with Crippen molar-refractivity contribution >= 4 is 29.1 Å². The smallest absolute Gasteiger partial charge is 0.246 e. The summed E-state index contributed by atoms with van der Waals surface area (Å²) in [5.41, 5.74) is 1.79. The van der Waals surface area contributed by atoms with Gasteiger partial charge >= 0.3 is 0 Å². The molecule has 2 rings (SSSR count). The number of benzene rings is 1. The van der Waals surface area contributed by atoms with Crippen LogP contribution in [-0.4, -0.2) is 45.2 Å². The van der Waals surface area contributed by atoms with Crippen molar-refractivity contribution in [2.24, 2.45) is 0 Å². The van der Waals surface area contributed by atoms with Gasteiger partial charge < -0.3 is 15.0 Å². The molecule has 21 heavy (non-hydrogen) atoms. The van der Waals surface area contributed by atoms with Crippen LogP contribution in [0.4, 0.5) is 5.69 Å². The second-order valence-electron chi connectivity index (χ2n) is 4.77. The number of imide groups is 1. The Bertz CT molecular complexity index is 520. The van der Waals surface area contributed by atoms with Crippen LogP contribution < -0.4 is 15.5 Å². The first-order chi connectivity index (χ1) is 10.1. The van der Waals surface area contributed by atoms with E-state index in [1.165, 1.54) is 0 Å². The fourth-order valence-electron chi connectivity index (χ4n) is 2.21. The molecule has 1 aromatic carbocycles. The first kappa shape index (κ1) is 15.8. The molecule has 0 saturated carbocycles. The lowest BCUT2D eigenvalue weighted by atomic mass is 10.1. The van der Waals surface area contributed by atoms with Gasteiger partial charge in [-0.25, -0.2) is 0 Å². The number of hydrogen-bond donors (Lipinski definition) is 2. The van der Waals surface area contributed by atoms with Gasteiger partial charge in [0.25, 0.3) is 0 Å². The third-order valence-corrected chi connectivity index (χ3v) is 3.36. The zero-order valence-corrected chi connectivity index (χ0v) is 12.6. The molecule has 2 N–H and O–H groups in total. The number of amides is 2. The minimum absolute atomic E-state index is 0.165. The van der Waals surface area contributed by atoms with Gasteiger partial charge in [-0.15, -0.1) is 0 Å². The van der Waals surface area contributed by atoms with E-state index >= 15 is 0 Å². The highest BCUT2D eigenvalue weighted by molar-refractivity contribution is 6.30. The van der Waals surface area contributed by atoms with Gasteiger partial charge in [0.15, 0.2) is 0 Å². The van der Waals surface area contributed by atoms with E-state index in [2.05, 4.69) is 10.6 Å². The quantitative estimate of drug-likeness (QED) is 0.593. The number of halogens is 1. The summed E-state index contributed by atoms with van der Waals surface area (Å²) in [5.74, 6) is -0.584. The molecule has 1 saturated heterocycles. The van der Waals surface area contributed by atoms with Crippen LogP contribution in [0.25, 0.3) is 0 Å². The summed E-state index contributed by atoms with van der Waals surface area (Å²) in [6, 6.07) is 5.43. The van der Waals surface area contributed by atoms with E-state index < -0.39 is 0 Å². The summed E-state index contributed by atoms with van der Waals surface area (Å²) in [6.07, 6.45) is 0. The maximum Gasteiger partial charge on any atom is 0.246 e. The average molecular weight is 312 g/mol. The zero-order chi connectivity index (χ0) is 15.2. The molecule has 0 unspecified atom stereocenters. The molecule has 7 heteroatoms. The van der Waals surface area contributed by atoms with Crippen LogP contribution in [0.5, 0.6) is 0 Å². The highest BCUT2D eigenvalue weighted by Gasteiger charge is 2.24. The summed E-state index contributed by atoms with van der Waals surface area (Å²) in [7, 11) is 1.64. The maximum absolute atomic E-state index is 11.5. The second-order valence-corrected chi connectivity index (χ2v) is 5.21. The Morgan fingerprint density at radius 1 is 1.33 bits per heavy atom. The van der Waals surface area contributed by atoms with E-state index in [-0.39, 0.29) is 24.9 Å². The van der Waals surface area contributed by atoms with Crippen LogP contribution in [0.1, 0.15) is 5.56 Å². The number of rotatable bonds is 6. The van der Waals surface area contributed by atoms with Crippen LogP contribution >= 0.6 is 11.6 Å². The van der Waals surface area contributed by atoms with E-state index in [1.54, 1.807) is 18.1 Å². The van der Waals surface area contributed by atoms with Gasteiger partial charge in [0.2, 0.25) is 11.8 Å². The molecule has 0 aliphatic carbocycles. The van der Waals surface area contributed by atoms with Crippen LogP contribution in [-0.2, 0) is 20.9 Å². The molecular weight excluding hydrogens is 294 g/mol. The molecule has 0 aromatic heterocycles. The lowest BCUT2D eigenvalue weighted by Crippen LogP contribution is -2.51. The largest absolute Gasteiger partial charge is 0.383 e. The van der Waals surface area contributed by atoms with Gasteiger partial charge in [-0.05, 0) is 23.8 Å². The van der Waals surface area contributed by atoms with Crippen molar-refractivity contribution < 1.29 is 14.3 Å². The molecule has 2 amide bonds. The van der Waals surface area contributed by atoms with Gasteiger partial charge in [-0.2, -0.15) is 0 Å². The van der Waals surface area contributed by atoms with Crippen molar-refractivity contribution in [1.29, 1.82) is 0 Å². The third-order valence-electron chi connectivity index (χ3n) is 3.13. The number of carbonyl (C=O) groups excluding carboxylic acids is 2. The van der Waals surface area contributed by atoms with Crippen molar-refractivity contribution in [2.75, 3.05) is 38.3 Å². The highest BCUT2D eigenvalue weighted by Crippen LogP contribution is 2.25. The summed E-state index contributed by atoms with van der Waals surface area (Å²) in [4.78, 5) is 24.8. The fraction of sp³-hybridized carbons (Fsp3) is 0.429. The van der Waals surface area contributed by atoms with E-state index in [0.717, 1.165) is 11.3 Å². The van der Waals surface area contributed by atoms with Gasteiger partial charge in [-0.1, -0.05) is 11.6 Å². The van der Waals surface area contributed by atoms with Crippen molar-refractivity contribution in [3.63, 3.8) is 0 Å². The van der Waals surface area contributed by atoms with E-state index in [9.17, 15) is 9.59 Å². The lowest BCUT2D eigenvalue weighted by Gasteiger charge is -2.29. The molecule has 1 aliphatic rings. The van der Waals surface area contributed by atoms with Crippen LogP contribution in [0.2, 0.25) is 5.02 Å². The SMILES string of the molecule is COCCNCc1cc(Cl)ccc1N1CC(=O)NC(=O)C1. The molecule has 0 atom stereocenters. The molecule has 114 valence electrons. The maximum atomic E-state index is 11.5. The first-order valence-corrected chi connectivity index (χ1v) is 7.03. The average Bonchev–Trinajstić information content (AvgIpc) is 2.42. The molecule has 0 bridgehead atoms. The number of anilines is 1. The third kappa shape index (κ3) is 4.42. The van der Waals surface area contributed by atoms with Gasteiger partial charge in [0.1, 0.15) is 0 Å². The molecule has 1 heterocycles. The van der Waals surface area contributed by atoms with E-state index in [0.29, 0.717) is 24.7 Å². The Morgan fingerprint density at radius 2 is 2.05 bits per heavy atom. The lowest BCUT2D eigenvalue weighted by molar-refractivity contribution is -0.130. The Hall–Kier alpha value is -1.63. The number of carbonyl (C=O) groups is 2. The van der Waals surface area contributed by atoms with Crippen LogP contribution in [0, 0.1) is 0 Å². The fourth-order valence-corrected chi connectivity index (χ4v) is 2.40. The number of methoxy groups -OCH3 is 1. The Balaban J connectivity index is 2.13. The molecule has 1 aromatic rings. The summed E-state index contributed by atoms with van der Waals surface area (Å²) in [5, 5.41) is 6.15. The Morgan fingerprint density at radius 3 is 2.71 bits per heavy atom. The number of nitrogens with zero attached hydrogens (tertiary/aromatic N) is 1. The Labute approximate surface area is 128 Å². The molecular formula is C14H18ClN3O3. The van der Waals surface area contributed by atoms with Crippen LogP contribution in [0.3, 0.4) is 0 Å². The Kier molecular flexibility index (Phi) is 5.55. The van der Waals surface area contributed by atoms with Gasteiger partial charge in [-0.3, -0.25) is 14.9 Å². The number of hydrogen-bond acceptors (Lipinski definition) is 5. The topological polar surface area (TPSA) is 70.7 Å². The first-order valence-electron chi connectivity index (χ1n) is 6.66. The molecule has 0 radical (unpaired) electrons. The number of ether oxygens (including phenoxy) is 1. The standard InChI is InChI=1S/C14H18ClN3O3/c1-21-5-4-16-7-10-6-11(15)2-3-12(10)18-8-13(19)17-14(20)9-18/h2-3,6,16H,4-5,7-9H2,1H3,(H,17,19,20). The van der Waals surface area contributed by atoms with Crippen molar-refractivity contribution in [3.05, 3.63) is 28.8 Å². The van der Waals surface area contributed by atoms with Gasteiger partial charge in [0, 0.05) is 30.9 Å². The van der Waals surface area contributed by atoms with Crippen molar-refractivity contribution in [2.45, 2.75) is 6.54 Å². The summed E-state index contributed by atoms with van der Waals surface area (Å²) in [6.45, 7) is 2.24. The minimum Gasteiger partial charge on any atom is -0.383 e. The molecule has 0 spiro atoms. The molecule has 6 nitrogen and oxygen atoms in total. The van der Waals surface area contributed by atoms with Gasteiger partial charge in [0.05, 0.1) is 19.7 Å². The van der Waals surface area contributed by atoms with Crippen molar-refractivity contribution in [3.8, 4) is 0 Å². The molecule has 1 fully saturated rings. The molecule has 1 aliphatic heterocycles. The van der Waals surface area contributed by atoms with Crippen LogP contribution in [0.15, 0.2) is 18.2 Å². The number of nitrogens with one attached hydrogen (secondary N) is 2. The highest BCUT2D eigenvalue weighted by atomic mass is 35.5. The summed E-state index contributed by atoms with van der Waals surface area (Å²) >= 11 is 6.04. The zero-order valence-electron chi connectivity index (χ0n) is 11.8.